The number of alkyl halides is 2. The van der Waals surface area contributed by atoms with Gasteiger partial charge in [-0.2, -0.15) is 0 Å². The van der Waals surface area contributed by atoms with Crippen molar-refractivity contribution in [3.05, 3.63) is 52.0 Å². The number of nitrogens with one attached hydrogen (secondary N) is 3. The Bertz CT molecular complexity index is 1110. The average molecular weight is 491 g/mol. The second-order valence-electron chi connectivity index (χ2n) is 7.08. The predicted molar refractivity (Wildman–Crippen MR) is 116 cm³/mol. The molecule has 164 valence electrons. The number of halogens is 5. The summed E-state index contributed by atoms with van der Waals surface area (Å²) in [6.45, 7) is 2.71. The van der Waals surface area contributed by atoms with E-state index in [0.717, 1.165) is 19.1 Å². The molecule has 3 N–H and O–H groups in total. The predicted octanol–water partition coefficient (Wildman–Crippen LogP) is 5.27. The third-order valence-electron chi connectivity index (χ3n) is 4.55. The first kappa shape index (κ1) is 23.2. The lowest BCUT2D eigenvalue weighted by atomic mass is 10.1. The average Bonchev–Trinajstić information content (AvgIpc) is 3.32. The van der Waals surface area contributed by atoms with Crippen molar-refractivity contribution in [2.75, 3.05) is 16.0 Å². The highest BCUT2D eigenvalue weighted by Crippen LogP contribution is 2.53. The van der Waals surface area contributed by atoms with Crippen molar-refractivity contribution in [1.82, 2.24) is 0 Å². The van der Waals surface area contributed by atoms with Gasteiger partial charge in [0, 0.05) is 12.6 Å². The lowest BCUT2D eigenvalue weighted by Crippen LogP contribution is -2.19. The van der Waals surface area contributed by atoms with Gasteiger partial charge in [-0.25, -0.2) is 8.78 Å². The van der Waals surface area contributed by atoms with Gasteiger partial charge in [0.05, 0.1) is 22.2 Å². The molecule has 6 nitrogen and oxygen atoms in total. The number of carbonyl (C=O) groups is 3. The SMILES string of the molecule is CC(=O)Nc1c(F)ccc(NC(=O)c2cc(NC(=O)[C@H]3CC3(Cl)Cl)cc(C)c2Cl)c1F. The van der Waals surface area contributed by atoms with Gasteiger partial charge in [0.1, 0.15) is 15.8 Å². The number of benzene rings is 2. The van der Waals surface area contributed by atoms with Gasteiger partial charge in [-0.1, -0.05) is 11.6 Å². The largest absolute Gasteiger partial charge is 0.326 e. The molecular formula is C20H16Cl3F2N3O3. The highest BCUT2D eigenvalue weighted by molar-refractivity contribution is 6.52. The zero-order valence-electron chi connectivity index (χ0n) is 16.2. The fourth-order valence-electron chi connectivity index (χ4n) is 2.86. The Morgan fingerprint density at radius 1 is 1.10 bits per heavy atom. The summed E-state index contributed by atoms with van der Waals surface area (Å²) >= 11 is 18.0. The Morgan fingerprint density at radius 2 is 1.74 bits per heavy atom. The van der Waals surface area contributed by atoms with Gasteiger partial charge in [-0.15, -0.1) is 23.2 Å². The van der Waals surface area contributed by atoms with Gasteiger partial charge >= 0.3 is 0 Å². The van der Waals surface area contributed by atoms with E-state index in [2.05, 4.69) is 10.6 Å². The molecule has 0 aromatic heterocycles. The van der Waals surface area contributed by atoms with E-state index < -0.39 is 45.3 Å². The molecule has 2 aromatic carbocycles. The fraction of sp³-hybridized carbons (Fsp3) is 0.250. The zero-order chi connectivity index (χ0) is 23.1. The molecule has 2 aromatic rings. The smallest absolute Gasteiger partial charge is 0.257 e. The summed E-state index contributed by atoms with van der Waals surface area (Å²) in [5.41, 5.74) is -0.372. The van der Waals surface area contributed by atoms with E-state index >= 15 is 0 Å². The number of hydrogen-bond acceptors (Lipinski definition) is 3. The van der Waals surface area contributed by atoms with Crippen LogP contribution in [0.5, 0.6) is 0 Å². The maximum atomic E-state index is 14.6. The molecule has 0 aliphatic heterocycles. The van der Waals surface area contributed by atoms with Crippen LogP contribution in [0, 0.1) is 24.5 Å². The van der Waals surface area contributed by atoms with Crippen molar-refractivity contribution in [2.24, 2.45) is 5.92 Å². The molecule has 31 heavy (non-hydrogen) atoms. The number of amides is 3. The van der Waals surface area contributed by atoms with Gasteiger partial charge in [-0.3, -0.25) is 14.4 Å². The minimum absolute atomic E-state index is 0.0550. The Balaban J connectivity index is 1.86. The van der Waals surface area contributed by atoms with Crippen LogP contribution >= 0.6 is 34.8 Å². The summed E-state index contributed by atoms with van der Waals surface area (Å²) in [5.74, 6) is -4.64. The summed E-state index contributed by atoms with van der Waals surface area (Å²) in [7, 11) is 0. The summed E-state index contributed by atoms with van der Waals surface area (Å²) in [6.07, 6.45) is 0.308. The minimum atomic E-state index is -1.16. The Kier molecular flexibility index (Phi) is 6.45. The summed E-state index contributed by atoms with van der Waals surface area (Å²) in [5, 5.41) is 7.02. The minimum Gasteiger partial charge on any atom is -0.326 e. The van der Waals surface area contributed by atoms with Crippen molar-refractivity contribution in [3.63, 3.8) is 0 Å². The van der Waals surface area contributed by atoms with Crippen molar-refractivity contribution in [1.29, 1.82) is 0 Å². The maximum absolute atomic E-state index is 14.6. The molecule has 1 aliphatic rings. The Morgan fingerprint density at radius 3 is 2.32 bits per heavy atom. The van der Waals surface area contributed by atoms with Crippen LogP contribution < -0.4 is 16.0 Å². The van der Waals surface area contributed by atoms with E-state index in [1.165, 1.54) is 6.07 Å². The van der Waals surface area contributed by atoms with Gasteiger partial charge in [-0.05, 0) is 43.2 Å². The number of hydrogen-bond donors (Lipinski definition) is 3. The van der Waals surface area contributed by atoms with Gasteiger partial charge in [0.25, 0.3) is 5.91 Å². The van der Waals surface area contributed by atoms with Crippen LogP contribution in [-0.4, -0.2) is 22.1 Å². The molecule has 0 unspecified atom stereocenters. The lowest BCUT2D eigenvalue weighted by molar-refractivity contribution is -0.117. The van der Waals surface area contributed by atoms with Crippen LogP contribution in [0.15, 0.2) is 24.3 Å². The van der Waals surface area contributed by atoms with E-state index in [1.807, 2.05) is 5.32 Å². The number of carbonyl (C=O) groups excluding carboxylic acids is 3. The second-order valence-corrected chi connectivity index (χ2v) is 9.00. The van der Waals surface area contributed by atoms with E-state index in [4.69, 9.17) is 34.8 Å². The summed E-state index contributed by atoms with van der Waals surface area (Å²) in [6, 6.07) is 4.77. The molecule has 3 amide bonds. The van der Waals surface area contributed by atoms with Crippen molar-refractivity contribution in [2.45, 2.75) is 24.6 Å². The van der Waals surface area contributed by atoms with Crippen LogP contribution in [0.25, 0.3) is 0 Å². The first-order valence-electron chi connectivity index (χ1n) is 8.96. The fourth-order valence-corrected chi connectivity index (χ4v) is 3.57. The quantitative estimate of drug-likeness (QED) is 0.499. The lowest BCUT2D eigenvalue weighted by Gasteiger charge is -2.14. The third-order valence-corrected chi connectivity index (χ3v) is 5.89. The van der Waals surface area contributed by atoms with Crippen LogP contribution in [0.4, 0.5) is 25.8 Å². The van der Waals surface area contributed by atoms with E-state index in [9.17, 15) is 23.2 Å². The summed E-state index contributed by atoms with van der Waals surface area (Å²) < 4.78 is 27.3. The normalized spacial score (nSPS) is 16.4. The number of aryl methyl sites for hydroxylation is 1. The topological polar surface area (TPSA) is 87.3 Å². The molecule has 3 rings (SSSR count). The zero-order valence-corrected chi connectivity index (χ0v) is 18.5. The van der Waals surface area contributed by atoms with Crippen LogP contribution in [0.1, 0.15) is 29.3 Å². The van der Waals surface area contributed by atoms with Crippen LogP contribution in [0.3, 0.4) is 0 Å². The van der Waals surface area contributed by atoms with Crippen LogP contribution in [0.2, 0.25) is 5.02 Å². The third kappa shape index (κ3) is 5.08. The van der Waals surface area contributed by atoms with E-state index in [0.29, 0.717) is 12.0 Å². The van der Waals surface area contributed by atoms with Crippen molar-refractivity contribution in [3.8, 4) is 0 Å². The van der Waals surface area contributed by atoms with Gasteiger partial charge in [0.2, 0.25) is 11.8 Å². The molecule has 0 heterocycles. The van der Waals surface area contributed by atoms with Crippen molar-refractivity contribution >= 4 is 69.6 Å². The highest BCUT2D eigenvalue weighted by atomic mass is 35.5. The second kappa shape index (κ2) is 8.61. The van der Waals surface area contributed by atoms with E-state index in [1.54, 1.807) is 13.0 Å². The molecule has 1 fully saturated rings. The first-order chi connectivity index (χ1) is 14.4. The molecule has 1 atom stereocenters. The molecule has 0 saturated heterocycles. The molecular weight excluding hydrogens is 475 g/mol. The molecule has 0 bridgehead atoms. The number of anilines is 3. The Hall–Kier alpha value is -2.42. The number of rotatable bonds is 5. The molecule has 1 saturated carbocycles. The molecule has 0 radical (unpaired) electrons. The van der Waals surface area contributed by atoms with E-state index in [-0.39, 0.29) is 22.0 Å². The van der Waals surface area contributed by atoms with Crippen molar-refractivity contribution < 1.29 is 23.2 Å². The maximum Gasteiger partial charge on any atom is 0.257 e. The highest BCUT2D eigenvalue weighted by Gasteiger charge is 2.56. The standard InChI is InChI=1S/C20H16Cl3F2N3O3/c1-8-5-10(27-19(31)12-7-20(12,22)23)6-11(15(8)21)18(30)28-14-4-3-13(24)17(16(14)25)26-9(2)29/h3-6,12H,7H2,1-2H3,(H,26,29)(H,27,31)(H,28,30)/t12-/m1/s1. The summed E-state index contributed by atoms with van der Waals surface area (Å²) in [4.78, 5) is 36.1. The molecule has 11 heteroatoms. The van der Waals surface area contributed by atoms with Gasteiger partial charge < -0.3 is 16.0 Å². The van der Waals surface area contributed by atoms with Gasteiger partial charge in [0.15, 0.2) is 5.82 Å². The molecule has 1 aliphatic carbocycles. The Labute approximate surface area is 191 Å². The monoisotopic (exact) mass is 489 g/mol. The first-order valence-corrected chi connectivity index (χ1v) is 10.1. The van der Waals surface area contributed by atoms with Crippen LogP contribution in [-0.2, 0) is 9.59 Å². The molecule has 0 spiro atoms.